The number of hydrogen-bond acceptors (Lipinski definition) is 4. The Morgan fingerprint density at radius 2 is 2.05 bits per heavy atom. The molecule has 8 heteroatoms. The van der Waals surface area contributed by atoms with Gasteiger partial charge in [-0.2, -0.15) is 0 Å². The van der Waals surface area contributed by atoms with E-state index < -0.39 is 38.7 Å². The number of benzene rings is 1. The third kappa shape index (κ3) is 3.04. The van der Waals surface area contributed by atoms with Crippen LogP contribution in [0.25, 0.3) is 0 Å². The minimum atomic E-state index is -3.87. The van der Waals surface area contributed by atoms with Crippen LogP contribution in [0.15, 0.2) is 23.1 Å². The topological polar surface area (TPSA) is 91.7 Å². The molecule has 1 aromatic rings. The van der Waals surface area contributed by atoms with E-state index in [9.17, 15) is 22.7 Å². The van der Waals surface area contributed by atoms with Gasteiger partial charge in [-0.1, -0.05) is 11.6 Å². The van der Waals surface area contributed by atoms with Crippen molar-refractivity contribution in [3.05, 3.63) is 29.0 Å². The van der Waals surface area contributed by atoms with E-state index in [0.29, 0.717) is 0 Å². The second-order valence-electron chi connectivity index (χ2n) is 5.10. The third-order valence-electron chi connectivity index (χ3n) is 3.84. The van der Waals surface area contributed by atoms with Crippen molar-refractivity contribution in [2.24, 2.45) is 11.8 Å². The van der Waals surface area contributed by atoms with E-state index in [0.717, 1.165) is 18.2 Å². The van der Waals surface area contributed by atoms with Crippen LogP contribution in [0.1, 0.15) is 12.8 Å². The first-order chi connectivity index (χ1) is 9.77. The quantitative estimate of drug-likeness (QED) is 0.817. The normalized spacial score (nSPS) is 26.0. The molecule has 21 heavy (non-hydrogen) atoms. The van der Waals surface area contributed by atoms with Gasteiger partial charge in [0.1, 0.15) is 5.82 Å². The Morgan fingerprint density at radius 1 is 1.38 bits per heavy atom. The molecule has 0 heterocycles. The second kappa shape index (κ2) is 5.90. The molecule has 1 aliphatic rings. The first-order valence-electron chi connectivity index (χ1n) is 6.30. The highest BCUT2D eigenvalue weighted by molar-refractivity contribution is 7.92. The predicted octanol–water partition coefficient (Wildman–Crippen LogP) is 1.72. The minimum absolute atomic E-state index is 0.0451. The van der Waals surface area contributed by atoms with Crippen LogP contribution in [0.2, 0.25) is 5.02 Å². The smallest absolute Gasteiger partial charge is 0.306 e. The summed E-state index contributed by atoms with van der Waals surface area (Å²) in [6.45, 7) is -0.389. The molecule has 0 amide bonds. The predicted molar refractivity (Wildman–Crippen MR) is 73.3 cm³/mol. The first-order valence-corrected chi connectivity index (χ1v) is 8.22. The highest BCUT2D eigenvalue weighted by atomic mass is 35.5. The third-order valence-corrected chi connectivity index (χ3v) is 6.50. The van der Waals surface area contributed by atoms with Crippen LogP contribution in [0.5, 0.6) is 0 Å². The van der Waals surface area contributed by atoms with Crippen LogP contribution in [0.4, 0.5) is 4.39 Å². The lowest BCUT2D eigenvalue weighted by atomic mass is 9.97. The van der Waals surface area contributed by atoms with E-state index >= 15 is 0 Å². The zero-order valence-electron chi connectivity index (χ0n) is 10.9. The Bertz CT molecular complexity index is 661. The van der Waals surface area contributed by atoms with Gasteiger partial charge in [0.2, 0.25) is 0 Å². The van der Waals surface area contributed by atoms with E-state index in [4.69, 9.17) is 16.7 Å². The Morgan fingerprint density at radius 3 is 2.52 bits per heavy atom. The zero-order valence-corrected chi connectivity index (χ0v) is 12.4. The number of carboxylic acids is 1. The summed E-state index contributed by atoms with van der Waals surface area (Å²) < 4.78 is 38.0. The van der Waals surface area contributed by atoms with Gasteiger partial charge in [-0.25, -0.2) is 12.8 Å². The van der Waals surface area contributed by atoms with E-state index in [-0.39, 0.29) is 29.4 Å². The maximum atomic E-state index is 13.0. The van der Waals surface area contributed by atoms with Crippen molar-refractivity contribution in [1.82, 2.24) is 0 Å². The molecule has 0 unspecified atom stereocenters. The van der Waals surface area contributed by atoms with Gasteiger partial charge in [0, 0.05) is 6.61 Å². The molecule has 0 saturated heterocycles. The molecule has 0 aliphatic heterocycles. The number of aliphatic carboxylic acids is 1. The summed E-state index contributed by atoms with van der Waals surface area (Å²) in [5.74, 6) is -3.30. The van der Waals surface area contributed by atoms with Crippen molar-refractivity contribution in [1.29, 1.82) is 0 Å². The monoisotopic (exact) mass is 336 g/mol. The van der Waals surface area contributed by atoms with Crippen LogP contribution in [0.3, 0.4) is 0 Å². The van der Waals surface area contributed by atoms with Crippen molar-refractivity contribution in [3.8, 4) is 0 Å². The molecule has 0 bridgehead atoms. The summed E-state index contributed by atoms with van der Waals surface area (Å²) in [6, 6.07) is 2.97. The van der Waals surface area contributed by atoms with Crippen LogP contribution in [0, 0.1) is 17.7 Å². The number of aliphatic hydroxyl groups excluding tert-OH is 1. The van der Waals surface area contributed by atoms with Crippen molar-refractivity contribution in [3.63, 3.8) is 0 Å². The number of carboxylic acid groups (broad SMARTS) is 1. The highest BCUT2D eigenvalue weighted by Crippen LogP contribution is 2.39. The van der Waals surface area contributed by atoms with Crippen molar-refractivity contribution >= 4 is 27.4 Å². The number of carbonyl (C=O) groups is 1. The van der Waals surface area contributed by atoms with Crippen LogP contribution in [-0.2, 0) is 14.6 Å². The minimum Gasteiger partial charge on any atom is -0.481 e. The zero-order chi connectivity index (χ0) is 15.8. The number of hydrogen-bond donors (Lipinski definition) is 2. The lowest BCUT2D eigenvalue weighted by Gasteiger charge is -2.13. The summed E-state index contributed by atoms with van der Waals surface area (Å²) >= 11 is 5.78. The maximum absolute atomic E-state index is 13.0. The van der Waals surface area contributed by atoms with Crippen molar-refractivity contribution in [2.45, 2.75) is 23.0 Å². The highest BCUT2D eigenvalue weighted by Gasteiger charge is 2.44. The molecule has 2 rings (SSSR count). The second-order valence-corrected chi connectivity index (χ2v) is 7.70. The summed E-state index contributed by atoms with van der Waals surface area (Å²) in [4.78, 5) is 10.9. The van der Waals surface area contributed by atoms with Gasteiger partial charge in [0.25, 0.3) is 0 Å². The standard InChI is InChI=1S/C13H14ClFO5S/c14-11-4-8(15)1-2-12(11)21(19,20)9-3-7(6-16)10(5-9)13(17)18/h1-2,4,7,9-10,16H,3,5-6H2,(H,17,18)/t7-,9-,10+/m0/s1. The largest absolute Gasteiger partial charge is 0.481 e. The SMILES string of the molecule is O=C(O)[C@@H]1C[C@@H](S(=O)(=O)c2ccc(F)cc2Cl)C[C@H]1CO. The average molecular weight is 337 g/mol. The maximum Gasteiger partial charge on any atom is 0.306 e. The molecular formula is C13H14ClFO5S. The Labute approximate surface area is 126 Å². The number of halogens is 2. The fourth-order valence-electron chi connectivity index (χ4n) is 2.72. The summed E-state index contributed by atoms with van der Waals surface area (Å²) in [5, 5.41) is 17.1. The van der Waals surface area contributed by atoms with Crippen molar-refractivity contribution in [2.75, 3.05) is 6.61 Å². The van der Waals surface area contributed by atoms with E-state index in [1.807, 2.05) is 0 Å². The molecule has 5 nitrogen and oxygen atoms in total. The van der Waals surface area contributed by atoms with Crippen LogP contribution >= 0.6 is 11.6 Å². The van der Waals surface area contributed by atoms with E-state index in [1.54, 1.807) is 0 Å². The molecule has 2 N–H and O–H groups in total. The lowest BCUT2D eigenvalue weighted by Crippen LogP contribution is -2.21. The summed E-state index contributed by atoms with van der Waals surface area (Å²) in [7, 11) is -3.87. The summed E-state index contributed by atoms with van der Waals surface area (Å²) in [5.41, 5.74) is 0. The molecule has 0 aromatic heterocycles. The van der Waals surface area contributed by atoms with Gasteiger partial charge in [0.15, 0.2) is 9.84 Å². The number of aliphatic hydroxyl groups is 1. The first kappa shape index (κ1) is 16.2. The Hall–Kier alpha value is -1.18. The van der Waals surface area contributed by atoms with Crippen molar-refractivity contribution < 1.29 is 27.8 Å². The molecule has 116 valence electrons. The van der Waals surface area contributed by atoms with Gasteiger partial charge >= 0.3 is 5.97 Å². The summed E-state index contributed by atoms with van der Waals surface area (Å²) in [6.07, 6.45) is -0.0416. The molecule has 0 radical (unpaired) electrons. The molecule has 1 saturated carbocycles. The van der Waals surface area contributed by atoms with Gasteiger partial charge in [-0.15, -0.1) is 0 Å². The molecule has 1 aromatic carbocycles. The van der Waals surface area contributed by atoms with E-state index in [2.05, 4.69) is 0 Å². The Balaban J connectivity index is 2.35. The van der Waals surface area contributed by atoms with Gasteiger partial charge in [-0.05, 0) is 37.0 Å². The van der Waals surface area contributed by atoms with Gasteiger partial charge < -0.3 is 10.2 Å². The number of sulfone groups is 1. The molecule has 0 spiro atoms. The van der Waals surface area contributed by atoms with Gasteiger partial charge in [-0.3, -0.25) is 4.79 Å². The van der Waals surface area contributed by atoms with Crippen LogP contribution in [-0.4, -0.2) is 36.5 Å². The van der Waals surface area contributed by atoms with E-state index in [1.165, 1.54) is 0 Å². The van der Waals surface area contributed by atoms with Crippen LogP contribution < -0.4 is 0 Å². The fourth-order valence-corrected chi connectivity index (χ4v) is 5.12. The molecule has 3 atom stereocenters. The molecular weight excluding hydrogens is 323 g/mol. The Kier molecular flexibility index (Phi) is 4.55. The average Bonchev–Trinajstić information content (AvgIpc) is 2.83. The molecule has 1 fully saturated rings. The number of rotatable bonds is 4. The molecule has 1 aliphatic carbocycles. The van der Waals surface area contributed by atoms with Gasteiger partial charge in [0.05, 0.1) is 21.1 Å². The lowest BCUT2D eigenvalue weighted by molar-refractivity contribution is -0.143. The fraction of sp³-hybridized carbons (Fsp3) is 0.462.